The van der Waals surface area contributed by atoms with Crippen LogP contribution in [0.3, 0.4) is 0 Å². The van der Waals surface area contributed by atoms with Crippen LogP contribution in [0.25, 0.3) is 0 Å². The number of likely N-dealkylation sites (N-methyl/N-ethyl adjacent to an activating group) is 1. The summed E-state index contributed by atoms with van der Waals surface area (Å²) in [6, 6.07) is 8.00. The fourth-order valence-electron chi connectivity index (χ4n) is 2.50. The Morgan fingerprint density at radius 2 is 2.17 bits per heavy atom. The van der Waals surface area contributed by atoms with Gasteiger partial charge in [0.2, 0.25) is 0 Å². The number of carbonyl (C=O) groups excluding carboxylic acids is 1. The minimum atomic E-state index is 0.145. The first-order chi connectivity index (χ1) is 8.59. The molecular weight excluding hydrogens is 292 g/mol. The molecule has 1 aliphatic heterocycles. The van der Waals surface area contributed by atoms with Gasteiger partial charge in [0.15, 0.2) is 0 Å². The van der Waals surface area contributed by atoms with Crippen molar-refractivity contribution in [2.45, 2.75) is 18.9 Å². The molecule has 18 heavy (non-hydrogen) atoms. The fourth-order valence-corrected chi connectivity index (χ4v) is 2.96. The van der Waals surface area contributed by atoms with Crippen molar-refractivity contribution in [3.8, 4) is 0 Å². The summed E-state index contributed by atoms with van der Waals surface area (Å²) >= 11 is 3.46. The third-order valence-corrected chi connectivity index (χ3v) is 4.01. The van der Waals surface area contributed by atoms with Crippen molar-refractivity contribution in [1.82, 2.24) is 9.80 Å². The standard InChI is InChI=1S/C14H19BrN2O/c1-16(2)10-11-6-5-9-17(11)14(18)12-7-3-4-8-13(12)15/h3-4,7-8,11H,5-6,9-10H2,1-2H3. The van der Waals surface area contributed by atoms with Crippen LogP contribution >= 0.6 is 15.9 Å². The summed E-state index contributed by atoms with van der Waals surface area (Å²) in [6.45, 7) is 1.81. The first-order valence-electron chi connectivity index (χ1n) is 6.30. The maximum atomic E-state index is 12.5. The van der Waals surface area contributed by atoms with Gasteiger partial charge in [0, 0.05) is 23.6 Å². The molecular formula is C14H19BrN2O. The van der Waals surface area contributed by atoms with Gasteiger partial charge >= 0.3 is 0 Å². The topological polar surface area (TPSA) is 23.6 Å². The van der Waals surface area contributed by atoms with E-state index in [2.05, 4.69) is 34.9 Å². The molecule has 2 rings (SSSR count). The van der Waals surface area contributed by atoms with E-state index in [-0.39, 0.29) is 5.91 Å². The van der Waals surface area contributed by atoms with Crippen LogP contribution in [0.1, 0.15) is 23.2 Å². The van der Waals surface area contributed by atoms with Crippen LogP contribution in [0.5, 0.6) is 0 Å². The Kier molecular flexibility index (Phi) is 4.40. The molecule has 0 saturated carbocycles. The van der Waals surface area contributed by atoms with Crippen molar-refractivity contribution in [3.63, 3.8) is 0 Å². The number of nitrogens with zero attached hydrogens (tertiary/aromatic N) is 2. The van der Waals surface area contributed by atoms with E-state index in [4.69, 9.17) is 0 Å². The number of amides is 1. The van der Waals surface area contributed by atoms with Crippen LogP contribution in [-0.4, -0.2) is 48.9 Å². The van der Waals surface area contributed by atoms with E-state index in [1.165, 1.54) is 0 Å². The zero-order valence-corrected chi connectivity index (χ0v) is 12.5. The molecule has 1 aliphatic rings. The number of rotatable bonds is 3. The first kappa shape index (κ1) is 13.6. The molecule has 0 bridgehead atoms. The van der Waals surface area contributed by atoms with Crippen molar-refractivity contribution in [3.05, 3.63) is 34.3 Å². The molecule has 1 fully saturated rings. The minimum Gasteiger partial charge on any atom is -0.334 e. The molecule has 0 spiro atoms. The minimum absolute atomic E-state index is 0.145. The monoisotopic (exact) mass is 310 g/mol. The second kappa shape index (κ2) is 5.85. The van der Waals surface area contributed by atoms with Gasteiger partial charge in [0.25, 0.3) is 5.91 Å². The molecule has 1 saturated heterocycles. The van der Waals surface area contributed by atoms with Crippen molar-refractivity contribution < 1.29 is 4.79 Å². The Hall–Kier alpha value is -0.870. The summed E-state index contributed by atoms with van der Waals surface area (Å²) in [5.41, 5.74) is 0.767. The van der Waals surface area contributed by atoms with Gasteiger partial charge in [-0.15, -0.1) is 0 Å². The zero-order valence-electron chi connectivity index (χ0n) is 10.9. The predicted molar refractivity (Wildman–Crippen MR) is 76.8 cm³/mol. The number of likely N-dealkylation sites (tertiary alicyclic amines) is 1. The largest absolute Gasteiger partial charge is 0.334 e. The average Bonchev–Trinajstić information content (AvgIpc) is 2.76. The van der Waals surface area contributed by atoms with Crippen LogP contribution in [0.4, 0.5) is 0 Å². The highest BCUT2D eigenvalue weighted by atomic mass is 79.9. The molecule has 98 valence electrons. The second-order valence-corrected chi connectivity index (χ2v) is 5.89. The van der Waals surface area contributed by atoms with Crippen LogP contribution in [-0.2, 0) is 0 Å². The first-order valence-corrected chi connectivity index (χ1v) is 7.09. The van der Waals surface area contributed by atoms with Crippen molar-refractivity contribution in [1.29, 1.82) is 0 Å². The maximum Gasteiger partial charge on any atom is 0.255 e. The summed E-state index contributed by atoms with van der Waals surface area (Å²) in [7, 11) is 4.11. The molecule has 0 radical (unpaired) electrons. The van der Waals surface area contributed by atoms with Crippen LogP contribution in [0.2, 0.25) is 0 Å². The molecule has 1 unspecified atom stereocenters. The van der Waals surface area contributed by atoms with Gasteiger partial charge in [-0.3, -0.25) is 4.79 Å². The van der Waals surface area contributed by atoms with Gasteiger partial charge in [-0.1, -0.05) is 12.1 Å². The summed E-state index contributed by atoms with van der Waals surface area (Å²) < 4.78 is 0.880. The Bertz CT molecular complexity index is 434. The lowest BCUT2D eigenvalue weighted by Gasteiger charge is -2.27. The van der Waals surface area contributed by atoms with Gasteiger partial charge in [-0.05, 0) is 55.0 Å². The van der Waals surface area contributed by atoms with Gasteiger partial charge in [-0.25, -0.2) is 0 Å². The molecule has 1 aromatic carbocycles. The molecule has 4 heteroatoms. The van der Waals surface area contributed by atoms with Crippen LogP contribution in [0.15, 0.2) is 28.7 Å². The summed E-state index contributed by atoms with van der Waals surface area (Å²) in [6.07, 6.45) is 2.21. The quantitative estimate of drug-likeness (QED) is 0.857. The molecule has 1 amide bonds. The van der Waals surface area contributed by atoms with Crippen LogP contribution in [0, 0.1) is 0 Å². The smallest absolute Gasteiger partial charge is 0.255 e. The van der Waals surface area contributed by atoms with E-state index in [0.717, 1.165) is 36.0 Å². The maximum absolute atomic E-state index is 12.5. The normalized spacial score (nSPS) is 19.6. The van der Waals surface area contributed by atoms with E-state index in [1.54, 1.807) is 0 Å². The van der Waals surface area contributed by atoms with Crippen molar-refractivity contribution in [2.24, 2.45) is 0 Å². The molecule has 0 aromatic heterocycles. The average molecular weight is 311 g/mol. The number of benzene rings is 1. The van der Waals surface area contributed by atoms with Gasteiger partial charge in [0.05, 0.1) is 5.56 Å². The Morgan fingerprint density at radius 1 is 1.44 bits per heavy atom. The van der Waals surface area contributed by atoms with Gasteiger partial charge in [-0.2, -0.15) is 0 Å². The van der Waals surface area contributed by atoms with E-state index in [9.17, 15) is 4.79 Å². The zero-order chi connectivity index (χ0) is 13.1. The Labute approximate surface area is 117 Å². The highest BCUT2D eigenvalue weighted by Crippen LogP contribution is 2.24. The number of hydrogen-bond acceptors (Lipinski definition) is 2. The predicted octanol–water partition coefficient (Wildman–Crippen LogP) is 2.62. The third kappa shape index (κ3) is 2.93. The molecule has 1 aromatic rings. The fraction of sp³-hybridized carbons (Fsp3) is 0.500. The molecule has 0 aliphatic carbocycles. The third-order valence-electron chi connectivity index (χ3n) is 3.32. The van der Waals surface area contributed by atoms with Gasteiger partial charge in [0.1, 0.15) is 0 Å². The summed E-state index contributed by atoms with van der Waals surface area (Å²) in [5.74, 6) is 0.145. The second-order valence-electron chi connectivity index (χ2n) is 5.04. The molecule has 1 heterocycles. The number of halogens is 1. The lowest BCUT2D eigenvalue weighted by atomic mass is 10.1. The van der Waals surface area contributed by atoms with E-state index in [0.29, 0.717) is 6.04 Å². The lowest BCUT2D eigenvalue weighted by Crippen LogP contribution is -2.41. The van der Waals surface area contributed by atoms with E-state index in [1.807, 2.05) is 29.2 Å². The highest BCUT2D eigenvalue weighted by molar-refractivity contribution is 9.10. The molecule has 1 atom stereocenters. The van der Waals surface area contributed by atoms with E-state index < -0.39 is 0 Å². The van der Waals surface area contributed by atoms with Crippen LogP contribution < -0.4 is 0 Å². The number of carbonyl (C=O) groups is 1. The molecule has 0 N–H and O–H groups in total. The van der Waals surface area contributed by atoms with Crippen molar-refractivity contribution >= 4 is 21.8 Å². The van der Waals surface area contributed by atoms with Gasteiger partial charge < -0.3 is 9.80 Å². The Balaban J connectivity index is 2.15. The Morgan fingerprint density at radius 3 is 2.83 bits per heavy atom. The summed E-state index contributed by atoms with van der Waals surface area (Å²) in [5, 5.41) is 0. The summed E-state index contributed by atoms with van der Waals surface area (Å²) in [4.78, 5) is 16.7. The lowest BCUT2D eigenvalue weighted by molar-refractivity contribution is 0.0715. The highest BCUT2D eigenvalue weighted by Gasteiger charge is 2.30. The number of hydrogen-bond donors (Lipinski definition) is 0. The van der Waals surface area contributed by atoms with E-state index >= 15 is 0 Å². The molecule has 3 nitrogen and oxygen atoms in total. The van der Waals surface area contributed by atoms with Crippen molar-refractivity contribution in [2.75, 3.05) is 27.2 Å². The SMILES string of the molecule is CN(C)CC1CCCN1C(=O)c1ccccc1Br.